The molecule has 1 aliphatic heterocycles. The van der Waals surface area contributed by atoms with Gasteiger partial charge in [0, 0.05) is 31.4 Å². The number of hydrogen-bond acceptors (Lipinski definition) is 0. The van der Waals surface area contributed by atoms with Crippen LogP contribution in [-0.2, 0) is 0 Å². The van der Waals surface area contributed by atoms with Gasteiger partial charge in [0.05, 0.1) is 13.3 Å². The summed E-state index contributed by atoms with van der Waals surface area (Å²) in [5, 5.41) is 2.87. The Hall–Kier alpha value is -2.73. The van der Waals surface area contributed by atoms with Crippen LogP contribution in [0.25, 0.3) is 0 Å². The molecule has 1 nitrogen and oxygen atoms in total. The molecule has 222 valence electrons. The van der Waals surface area contributed by atoms with E-state index < -0.39 is 7.92 Å². The summed E-state index contributed by atoms with van der Waals surface area (Å²) in [6.07, 6.45) is 1.14. The summed E-state index contributed by atoms with van der Waals surface area (Å²) in [6.45, 7) is 21.3. The number of nitrogens with zero attached hydrogens (tertiary/aromatic N) is 1. The predicted molar refractivity (Wildman–Crippen MR) is 182 cm³/mol. The van der Waals surface area contributed by atoms with E-state index in [1.165, 1.54) is 33.0 Å². The Bertz CT molecular complexity index is 1390. The monoisotopic (exact) mass is 597 g/mol. The van der Waals surface area contributed by atoms with E-state index in [-0.39, 0.29) is 23.4 Å². The Balaban J connectivity index is 0.000000531. The molecule has 4 aromatic rings. The Kier molecular flexibility index (Phi) is 11.4. The van der Waals surface area contributed by atoms with Gasteiger partial charge < -0.3 is 12.4 Å². The highest BCUT2D eigenvalue weighted by Gasteiger charge is 2.56. The van der Waals surface area contributed by atoms with Crippen molar-refractivity contribution >= 4 is 29.7 Å². The maximum absolute atomic E-state index is 2.80. The highest BCUT2D eigenvalue weighted by atomic mass is 35.5. The van der Waals surface area contributed by atoms with E-state index in [0.29, 0.717) is 11.8 Å². The van der Waals surface area contributed by atoms with Crippen molar-refractivity contribution in [1.29, 1.82) is 0 Å². The topological polar surface area (TPSA) is 3.01 Å². The third kappa shape index (κ3) is 7.42. The van der Waals surface area contributed by atoms with Crippen LogP contribution in [0.4, 0.5) is 5.69 Å². The van der Waals surface area contributed by atoms with E-state index in [2.05, 4.69) is 158 Å². The van der Waals surface area contributed by atoms with Crippen LogP contribution in [0.15, 0.2) is 109 Å². The number of rotatable bonds is 6. The number of aryl methyl sites for hydroxylation is 1. The molecular formula is C39H49ClNP. The summed E-state index contributed by atoms with van der Waals surface area (Å²) < 4.78 is 2.80. The lowest BCUT2D eigenvalue weighted by Gasteiger charge is -2.26. The first-order chi connectivity index (χ1) is 19.4. The molecule has 0 spiro atoms. The number of benzene rings is 4. The molecule has 0 bridgehead atoms. The van der Waals surface area contributed by atoms with Crippen LogP contribution in [0.3, 0.4) is 0 Å². The summed E-state index contributed by atoms with van der Waals surface area (Å²) in [6, 6.07) is 39.7. The second kappa shape index (κ2) is 14.2. The molecule has 0 unspecified atom stereocenters. The summed E-state index contributed by atoms with van der Waals surface area (Å²) in [5.74, 6) is 0.934. The lowest BCUT2D eigenvalue weighted by atomic mass is 9.84. The van der Waals surface area contributed by atoms with E-state index in [4.69, 9.17) is 0 Å². The second-order valence-corrected chi connectivity index (χ2v) is 15.4. The van der Waals surface area contributed by atoms with E-state index in [1.807, 2.05) is 18.2 Å². The fourth-order valence-corrected chi connectivity index (χ4v) is 9.48. The molecular weight excluding hydrogens is 549 g/mol. The van der Waals surface area contributed by atoms with Crippen molar-refractivity contribution in [2.45, 2.75) is 86.1 Å². The number of hydrogen-bond donors (Lipinski definition) is 0. The zero-order chi connectivity index (χ0) is 29.8. The van der Waals surface area contributed by atoms with Gasteiger partial charge in [-0.05, 0) is 43.2 Å². The Morgan fingerprint density at radius 3 is 1.36 bits per heavy atom. The first kappa shape index (κ1) is 33.8. The molecule has 42 heavy (non-hydrogen) atoms. The normalized spacial score (nSPS) is 15.4. The minimum atomic E-state index is -0.682. The maximum atomic E-state index is 2.80. The van der Waals surface area contributed by atoms with Gasteiger partial charge in [-0.25, -0.2) is 0 Å². The van der Waals surface area contributed by atoms with Gasteiger partial charge >= 0.3 is 0 Å². The molecule has 1 heterocycles. The Morgan fingerprint density at radius 1 is 0.595 bits per heavy atom. The molecule has 0 saturated carbocycles. The van der Waals surface area contributed by atoms with Crippen molar-refractivity contribution in [2.75, 3.05) is 0 Å². The molecule has 0 fully saturated rings. The van der Waals surface area contributed by atoms with Crippen LogP contribution in [-0.4, -0.2) is 15.6 Å². The van der Waals surface area contributed by atoms with E-state index >= 15 is 0 Å². The van der Waals surface area contributed by atoms with Gasteiger partial charge in [0.25, 0.3) is 0 Å². The van der Waals surface area contributed by atoms with E-state index in [0.717, 1.165) is 6.42 Å². The SMILES string of the molecule is CC(C)c1cccc(C(C)C)c1[N+]1=C(P(c2ccccc2)c2ccccc2)C(C)(C)CC1(C)C.Cc1ccccc1.[Cl-]. The average Bonchev–Trinajstić information content (AvgIpc) is 3.13. The molecule has 0 radical (unpaired) electrons. The van der Waals surface area contributed by atoms with Gasteiger partial charge in [0.2, 0.25) is 5.69 Å². The van der Waals surface area contributed by atoms with E-state index in [9.17, 15) is 0 Å². The summed E-state index contributed by atoms with van der Waals surface area (Å²) in [7, 11) is -0.682. The first-order valence-corrected chi connectivity index (χ1v) is 16.5. The van der Waals surface area contributed by atoms with Crippen LogP contribution >= 0.6 is 7.92 Å². The minimum Gasteiger partial charge on any atom is -1.00 e. The third-order valence-corrected chi connectivity index (χ3v) is 10.9. The van der Waals surface area contributed by atoms with Gasteiger partial charge in [-0.2, -0.15) is 4.58 Å². The standard InChI is InChI=1S/C32H41NP.C7H8.ClH/c1-23(2)27-20-15-21-28(24(3)4)29(27)33-30(31(5,6)22-32(33,7)8)34(25-16-11-9-12-17-25)26-18-13-10-14-19-26;1-7-5-3-2-4-6-7;/h9-21,23-24H,22H2,1-8H3;2-6H,1H3;1H/q+1;;/p-1. The third-order valence-electron chi connectivity index (χ3n) is 8.04. The summed E-state index contributed by atoms with van der Waals surface area (Å²) in [5.41, 5.74) is 7.40. The highest BCUT2D eigenvalue weighted by Crippen LogP contribution is 2.55. The molecule has 0 N–H and O–H groups in total. The Labute approximate surface area is 263 Å². The fraction of sp³-hybridized carbons (Fsp3) is 0.359. The van der Waals surface area contributed by atoms with Gasteiger partial charge in [-0.1, -0.05) is 142 Å². The second-order valence-electron chi connectivity index (χ2n) is 13.3. The summed E-state index contributed by atoms with van der Waals surface area (Å²) in [4.78, 5) is 0. The minimum absolute atomic E-state index is 0. The van der Waals surface area contributed by atoms with Gasteiger partial charge in [0.15, 0.2) is 11.0 Å². The molecule has 1 aliphatic rings. The fourth-order valence-electron chi connectivity index (χ4n) is 6.49. The zero-order valence-corrected chi connectivity index (χ0v) is 28.7. The quantitative estimate of drug-likeness (QED) is 0.162. The van der Waals surface area contributed by atoms with Crippen molar-refractivity contribution in [2.24, 2.45) is 5.41 Å². The molecule has 5 rings (SSSR count). The number of halogens is 1. The maximum Gasteiger partial charge on any atom is 0.212 e. The van der Waals surface area contributed by atoms with Crippen LogP contribution < -0.4 is 23.0 Å². The van der Waals surface area contributed by atoms with Crippen LogP contribution in [0.2, 0.25) is 0 Å². The molecule has 0 saturated heterocycles. The number of para-hydroxylation sites is 1. The smallest absolute Gasteiger partial charge is 0.212 e. The van der Waals surface area contributed by atoms with Crippen molar-refractivity contribution < 1.29 is 17.0 Å². The largest absolute Gasteiger partial charge is 1.00 e. The van der Waals surface area contributed by atoms with Crippen molar-refractivity contribution in [3.8, 4) is 0 Å². The molecule has 3 heteroatoms. The zero-order valence-electron chi connectivity index (χ0n) is 27.0. The highest BCUT2D eigenvalue weighted by molar-refractivity contribution is 7.88. The van der Waals surface area contributed by atoms with Gasteiger partial charge in [-0.15, -0.1) is 0 Å². The predicted octanol–water partition coefficient (Wildman–Crippen LogP) is 7.32. The lowest BCUT2D eigenvalue weighted by molar-refractivity contribution is -0.514. The van der Waals surface area contributed by atoms with Crippen molar-refractivity contribution in [3.63, 3.8) is 0 Å². The van der Waals surface area contributed by atoms with E-state index in [1.54, 1.807) is 5.45 Å². The van der Waals surface area contributed by atoms with Crippen LogP contribution in [0.5, 0.6) is 0 Å². The van der Waals surface area contributed by atoms with Crippen LogP contribution in [0, 0.1) is 12.3 Å². The van der Waals surface area contributed by atoms with Gasteiger partial charge in [0.1, 0.15) is 0 Å². The first-order valence-electron chi connectivity index (χ1n) is 15.2. The average molecular weight is 598 g/mol. The molecule has 0 amide bonds. The van der Waals surface area contributed by atoms with Crippen molar-refractivity contribution in [3.05, 3.63) is 126 Å². The molecule has 0 aromatic heterocycles. The molecule has 4 aromatic carbocycles. The Morgan fingerprint density at radius 2 is 1.00 bits per heavy atom. The van der Waals surface area contributed by atoms with Gasteiger partial charge in [-0.3, -0.25) is 0 Å². The van der Waals surface area contributed by atoms with Crippen LogP contribution in [0.1, 0.15) is 90.3 Å². The lowest BCUT2D eigenvalue weighted by Crippen LogP contribution is -3.00. The van der Waals surface area contributed by atoms with Crippen molar-refractivity contribution in [1.82, 2.24) is 0 Å². The molecule has 0 aliphatic carbocycles. The summed E-state index contributed by atoms with van der Waals surface area (Å²) >= 11 is 0. The molecule has 0 atom stereocenters.